The van der Waals surface area contributed by atoms with Gasteiger partial charge in [0, 0.05) is 43.2 Å². The minimum Gasteiger partial charge on any atom is -0.479 e. The Morgan fingerprint density at radius 1 is 0.955 bits per heavy atom. The van der Waals surface area contributed by atoms with Crippen LogP contribution in [0.15, 0.2) is 84.1 Å². The first-order chi connectivity index (χ1) is 21.1. The summed E-state index contributed by atoms with van der Waals surface area (Å²) in [4.78, 5) is 39.7. The normalized spacial score (nSPS) is 17.4. The first-order valence-corrected chi connectivity index (χ1v) is 14.8. The number of carbonyl (C=O) groups is 3. The monoisotopic (exact) mass is 596 g/mol. The van der Waals surface area contributed by atoms with Crippen molar-refractivity contribution in [2.75, 3.05) is 24.7 Å². The number of nitrogens with zero attached hydrogens (tertiary/aromatic N) is 2. The van der Waals surface area contributed by atoms with Crippen molar-refractivity contribution in [3.8, 4) is 11.1 Å². The lowest BCUT2D eigenvalue weighted by Crippen LogP contribution is -2.46. The van der Waals surface area contributed by atoms with Crippen LogP contribution in [0.4, 0.5) is 15.3 Å². The van der Waals surface area contributed by atoms with Crippen molar-refractivity contribution in [2.24, 2.45) is 0 Å². The Labute approximate surface area is 256 Å². The second-order valence-corrected chi connectivity index (χ2v) is 12.2. The summed E-state index contributed by atoms with van der Waals surface area (Å²) in [6, 6.07) is 22.6. The molecule has 0 fully saturated rings. The molecular formula is C34H36N4O6. The number of anilines is 1. The topological polar surface area (TPSA) is 120 Å². The van der Waals surface area contributed by atoms with E-state index in [1.807, 2.05) is 48.5 Å². The van der Waals surface area contributed by atoms with Crippen LogP contribution in [0, 0.1) is 0 Å². The van der Waals surface area contributed by atoms with Gasteiger partial charge in [0.15, 0.2) is 6.04 Å². The Morgan fingerprint density at radius 3 is 2.25 bits per heavy atom. The molecule has 0 saturated carbocycles. The number of nitrogens with one attached hydrogen (secondary N) is 2. The summed E-state index contributed by atoms with van der Waals surface area (Å²) in [6.45, 7) is 6.27. The van der Waals surface area contributed by atoms with Crippen molar-refractivity contribution >= 4 is 23.8 Å². The number of amides is 2. The highest BCUT2D eigenvalue weighted by Gasteiger charge is 2.42. The van der Waals surface area contributed by atoms with Gasteiger partial charge in [-0.1, -0.05) is 66.7 Å². The van der Waals surface area contributed by atoms with Crippen LogP contribution in [-0.4, -0.2) is 59.5 Å². The molecule has 0 spiro atoms. The Hall–Kier alpha value is -4.99. The lowest BCUT2D eigenvalue weighted by Gasteiger charge is -2.31. The van der Waals surface area contributed by atoms with Crippen LogP contribution in [0.2, 0.25) is 0 Å². The number of aliphatic carboxylic acids is 1. The van der Waals surface area contributed by atoms with Gasteiger partial charge in [-0.25, -0.2) is 14.4 Å². The average molecular weight is 597 g/mol. The molecule has 3 aromatic rings. The summed E-state index contributed by atoms with van der Waals surface area (Å²) < 4.78 is 11.2. The zero-order valence-corrected chi connectivity index (χ0v) is 25.0. The molecule has 2 aliphatic heterocycles. The fourth-order valence-corrected chi connectivity index (χ4v) is 6.19. The fraction of sp³-hybridized carbons (Fsp3) is 0.324. The predicted molar refractivity (Wildman–Crippen MR) is 165 cm³/mol. The summed E-state index contributed by atoms with van der Waals surface area (Å²) in [5.74, 6) is -1.10. The first-order valence-electron chi connectivity index (χ1n) is 14.8. The summed E-state index contributed by atoms with van der Waals surface area (Å²) in [6.07, 6.45) is -0.565. The lowest BCUT2D eigenvalue weighted by atomic mass is 9.98. The minimum absolute atomic E-state index is 0.0526. The molecule has 0 saturated heterocycles. The van der Waals surface area contributed by atoms with Crippen LogP contribution in [-0.2, 0) is 20.8 Å². The van der Waals surface area contributed by atoms with Gasteiger partial charge in [0.1, 0.15) is 12.2 Å². The van der Waals surface area contributed by atoms with Crippen LogP contribution >= 0.6 is 0 Å². The Kier molecular flexibility index (Phi) is 7.67. The Balaban J connectivity index is 1.12. The molecule has 2 amide bonds. The molecule has 228 valence electrons. The van der Waals surface area contributed by atoms with E-state index in [0.29, 0.717) is 29.8 Å². The molecule has 1 aliphatic carbocycles. The van der Waals surface area contributed by atoms with E-state index in [4.69, 9.17) is 9.47 Å². The van der Waals surface area contributed by atoms with Crippen LogP contribution in [0.5, 0.6) is 0 Å². The third kappa shape index (κ3) is 5.67. The molecule has 3 N–H and O–H groups in total. The third-order valence-corrected chi connectivity index (χ3v) is 8.13. The van der Waals surface area contributed by atoms with Crippen LogP contribution < -0.4 is 15.8 Å². The molecule has 3 aliphatic rings. The maximum atomic E-state index is 12.9. The van der Waals surface area contributed by atoms with Crippen molar-refractivity contribution in [1.29, 1.82) is 0 Å². The number of hydrogen-bond donors (Lipinski definition) is 3. The molecule has 0 radical (unpaired) electrons. The van der Waals surface area contributed by atoms with E-state index >= 15 is 0 Å². The van der Waals surface area contributed by atoms with Gasteiger partial charge in [0.25, 0.3) is 0 Å². The number of carboxylic acid groups (broad SMARTS) is 1. The molecule has 3 aromatic carbocycles. The maximum Gasteiger partial charge on any atom is 0.410 e. The highest BCUT2D eigenvalue weighted by Crippen LogP contribution is 2.44. The second-order valence-electron chi connectivity index (χ2n) is 12.2. The van der Waals surface area contributed by atoms with E-state index in [9.17, 15) is 19.5 Å². The number of alkyl carbamates (subject to hydrolysis) is 1. The van der Waals surface area contributed by atoms with Gasteiger partial charge in [0.2, 0.25) is 0 Å². The average Bonchev–Trinajstić information content (AvgIpc) is 3.54. The summed E-state index contributed by atoms with van der Waals surface area (Å²) in [5, 5.41) is 14.7. The number of hydrogen-bond acceptors (Lipinski definition) is 7. The van der Waals surface area contributed by atoms with Gasteiger partial charge in [-0.3, -0.25) is 5.01 Å². The van der Waals surface area contributed by atoms with E-state index in [1.165, 1.54) is 4.90 Å². The smallest absolute Gasteiger partial charge is 0.410 e. The molecule has 2 heterocycles. The number of carboxylic acids is 1. The van der Waals surface area contributed by atoms with Crippen molar-refractivity contribution in [1.82, 2.24) is 15.6 Å². The lowest BCUT2D eigenvalue weighted by molar-refractivity contribution is -0.137. The van der Waals surface area contributed by atoms with Gasteiger partial charge in [0.05, 0.1) is 5.69 Å². The van der Waals surface area contributed by atoms with Gasteiger partial charge in [-0.15, -0.1) is 0 Å². The molecule has 1 unspecified atom stereocenters. The second kappa shape index (κ2) is 11.6. The van der Waals surface area contributed by atoms with Crippen LogP contribution in [0.3, 0.4) is 0 Å². The van der Waals surface area contributed by atoms with E-state index < -0.39 is 29.8 Å². The summed E-state index contributed by atoms with van der Waals surface area (Å²) >= 11 is 0. The Bertz CT molecular complexity index is 1600. The minimum atomic E-state index is -1.05. The van der Waals surface area contributed by atoms with Crippen molar-refractivity contribution in [2.45, 2.75) is 51.3 Å². The van der Waals surface area contributed by atoms with Crippen molar-refractivity contribution in [3.63, 3.8) is 0 Å². The molecular weight excluding hydrogens is 560 g/mol. The van der Waals surface area contributed by atoms with Gasteiger partial charge < -0.3 is 30.2 Å². The van der Waals surface area contributed by atoms with E-state index in [0.717, 1.165) is 28.0 Å². The van der Waals surface area contributed by atoms with Gasteiger partial charge in [-0.2, -0.15) is 0 Å². The Morgan fingerprint density at radius 2 is 1.59 bits per heavy atom. The van der Waals surface area contributed by atoms with Gasteiger partial charge in [-0.05, 0) is 54.7 Å². The summed E-state index contributed by atoms with van der Waals surface area (Å²) in [5.41, 5.74) is 9.89. The maximum absolute atomic E-state index is 12.9. The highest BCUT2D eigenvalue weighted by atomic mass is 16.6. The molecule has 10 nitrogen and oxygen atoms in total. The number of rotatable bonds is 6. The quantitative estimate of drug-likeness (QED) is 0.346. The molecule has 0 bridgehead atoms. The number of benzene rings is 3. The largest absolute Gasteiger partial charge is 0.479 e. The molecule has 1 atom stereocenters. The molecule has 44 heavy (non-hydrogen) atoms. The SMILES string of the molecule is CC(C)(C)OC(=O)N1CCC2=C(C1)C(C(=O)O)N(c1ccccc1CNC(=O)OCC1c3ccccc3-c3ccccc31)N2. The third-order valence-electron chi connectivity index (χ3n) is 8.13. The van der Waals surface area contributed by atoms with Gasteiger partial charge >= 0.3 is 18.2 Å². The standard InChI is InChI=1S/C34H36N4O6/c1-34(2,3)44-33(42)37-17-16-28-26(19-37)30(31(39)40)38(36-28)29-15-9-4-10-21(29)18-35-32(41)43-20-27-24-13-7-5-11-22(24)23-12-6-8-14-25(23)27/h4-15,27,30,36H,16-20H2,1-3H3,(H,35,41)(H,39,40). The van der Waals surface area contributed by atoms with E-state index in [-0.39, 0.29) is 25.6 Å². The number of fused-ring (bicyclic) bond motifs is 3. The summed E-state index contributed by atoms with van der Waals surface area (Å²) in [7, 11) is 0. The van der Waals surface area contributed by atoms with Crippen molar-refractivity contribution < 1.29 is 29.0 Å². The fourth-order valence-electron chi connectivity index (χ4n) is 6.19. The van der Waals surface area contributed by atoms with E-state index in [1.54, 1.807) is 25.8 Å². The zero-order chi connectivity index (χ0) is 31.0. The highest BCUT2D eigenvalue weighted by molar-refractivity contribution is 5.85. The van der Waals surface area contributed by atoms with Crippen molar-refractivity contribution in [3.05, 3.63) is 101 Å². The van der Waals surface area contributed by atoms with Crippen LogP contribution in [0.1, 0.15) is 49.8 Å². The predicted octanol–water partition coefficient (Wildman–Crippen LogP) is 5.40. The number of carbonyl (C=O) groups excluding carboxylic acids is 2. The molecule has 10 heteroatoms. The van der Waals surface area contributed by atoms with Crippen LogP contribution in [0.25, 0.3) is 11.1 Å². The zero-order valence-electron chi connectivity index (χ0n) is 25.0. The van der Waals surface area contributed by atoms with E-state index in [2.05, 4.69) is 35.0 Å². The number of ether oxygens (including phenoxy) is 2. The first kappa shape index (κ1) is 29.1. The number of hydrazine groups is 1. The molecule has 6 rings (SSSR count). The number of para-hydroxylation sites is 1. The molecule has 0 aromatic heterocycles.